The molecule has 37 heavy (non-hydrogen) atoms. The summed E-state index contributed by atoms with van der Waals surface area (Å²) in [5.41, 5.74) is 1.30. The SMILES string of the molecule is COCCN(CC(=O)N(Cc1ccc2c(c1)OCO2)Cc1cccs1)C(=O)c1ccc(C)c([N+](=O)[O-])c1. The predicted octanol–water partition coefficient (Wildman–Crippen LogP) is 4.01. The molecule has 0 saturated carbocycles. The first-order chi connectivity index (χ1) is 17.9. The van der Waals surface area contributed by atoms with Crippen molar-refractivity contribution in [3.63, 3.8) is 0 Å². The molecule has 0 saturated heterocycles. The van der Waals surface area contributed by atoms with E-state index in [-0.39, 0.29) is 43.6 Å². The van der Waals surface area contributed by atoms with Gasteiger partial charge in [-0.3, -0.25) is 19.7 Å². The van der Waals surface area contributed by atoms with Crippen LogP contribution in [0.25, 0.3) is 0 Å². The number of hydrogen-bond acceptors (Lipinski definition) is 8. The number of nitrogens with zero attached hydrogens (tertiary/aromatic N) is 3. The molecular weight excluding hydrogens is 498 g/mol. The van der Waals surface area contributed by atoms with Crippen LogP contribution in [0.15, 0.2) is 53.9 Å². The number of hydrogen-bond donors (Lipinski definition) is 0. The second-order valence-electron chi connectivity index (χ2n) is 8.49. The lowest BCUT2D eigenvalue weighted by Gasteiger charge is -2.27. The smallest absolute Gasteiger partial charge is 0.273 e. The van der Waals surface area contributed by atoms with Crippen LogP contribution in [0, 0.1) is 17.0 Å². The lowest BCUT2D eigenvalue weighted by atomic mass is 10.1. The number of thiophene rings is 1. The molecule has 0 fully saturated rings. The molecule has 194 valence electrons. The van der Waals surface area contributed by atoms with Gasteiger partial charge in [0.05, 0.1) is 18.1 Å². The van der Waals surface area contributed by atoms with Crippen molar-refractivity contribution < 1.29 is 28.7 Å². The Kier molecular flexibility index (Phi) is 8.36. The van der Waals surface area contributed by atoms with Gasteiger partial charge in [0.15, 0.2) is 11.5 Å². The highest BCUT2D eigenvalue weighted by Crippen LogP contribution is 2.33. The summed E-state index contributed by atoms with van der Waals surface area (Å²) in [6.45, 7) is 2.59. The van der Waals surface area contributed by atoms with Crippen molar-refractivity contribution in [3.8, 4) is 11.5 Å². The molecule has 2 aromatic carbocycles. The van der Waals surface area contributed by atoms with Crippen LogP contribution in [-0.4, -0.2) is 60.1 Å². The zero-order valence-electron chi connectivity index (χ0n) is 20.5. The minimum atomic E-state index is -0.523. The van der Waals surface area contributed by atoms with E-state index >= 15 is 0 Å². The number of nitro groups is 1. The fourth-order valence-electron chi connectivity index (χ4n) is 3.92. The van der Waals surface area contributed by atoms with Crippen molar-refractivity contribution in [2.45, 2.75) is 20.0 Å². The number of carbonyl (C=O) groups excluding carboxylic acids is 2. The lowest BCUT2D eigenvalue weighted by Crippen LogP contribution is -2.43. The molecule has 11 heteroatoms. The third-order valence-corrected chi connectivity index (χ3v) is 6.78. The van der Waals surface area contributed by atoms with Crippen LogP contribution in [0.4, 0.5) is 5.69 Å². The Morgan fingerprint density at radius 1 is 1.08 bits per heavy atom. The Labute approximate surface area is 218 Å². The van der Waals surface area contributed by atoms with E-state index in [1.165, 1.54) is 41.5 Å². The van der Waals surface area contributed by atoms with Gasteiger partial charge in [0.2, 0.25) is 12.7 Å². The lowest BCUT2D eigenvalue weighted by molar-refractivity contribution is -0.385. The number of methoxy groups -OCH3 is 1. The quantitative estimate of drug-likeness (QED) is 0.275. The van der Waals surface area contributed by atoms with E-state index in [9.17, 15) is 19.7 Å². The van der Waals surface area contributed by atoms with Crippen LogP contribution in [0.3, 0.4) is 0 Å². The maximum absolute atomic E-state index is 13.6. The second kappa shape index (κ2) is 11.8. The van der Waals surface area contributed by atoms with Gasteiger partial charge in [0.25, 0.3) is 11.6 Å². The highest BCUT2D eigenvalue weighted by atomic mass is 32.1. The molecule has 3 aromatic rings. The minimum Gasteiger partial charge on any atom is -0.454 e. The molecule has 0 radical (unpaired) electrons. The molecular formula is C26H27N3O7S. The van der Waals surface area contributed by atoms with Crippen molar-refractivity contribution in [2.24, 2.45) is 0 Å². The van der Waals surface area contributed by atoms with Crippen molar-refractivity contribution in [1.82, 2.24) is 9.80 Å². The average Bonchev–Trinajstić information content (AvgIpc) is 3.57. The van der Waals surface area contributed by atoms with E-state index in [1.54, 1.807) is 11.8 Å². The van der Waals surface area contributed by atoms with Gasteiger partial charge in [0.1, 0.15) is 6.54 Å². The molecule has 1 aliphatic heterocycles. The van der Waals surface area contributed by atoms with Gasteiger partial charge in [-0.25, -0.2) is 0 Å². The van der Waals surface area contributed by atoms with Crippen molar-refractivity contribution in [2.75, 3.05) is 33.6 Å². The second-order valence-corrected chi connectivity index (χ2v) is 9.53. The Balaban J connectivity index is 1.56. The van der Waals surface area contributed by atoms with E-state index < -0.39 is 10.8 Å². The molecule has 2 heterocycles. The first kappa shape index (κ1) is 26.1. The van der Waals surface area contributed by atoms with Gasteiger partial charge in [-0.15, -0.1) is 11.3 Å². The summed E-state index contributed by atoms with van der Waals surface area (Å²) in [4.78, 5) is 41.8. The predicted molar refractivity (Wildman–Crippen MR) is 137 cm³/mol. The largest absolute Gasteiger partial charge is 0.454 e. The Hall–Kier alpha value is -3.96. The monoisotopic (exact) mass is 525 g/mol. The van der Waals surface area contributed by atoms with Crippen LogP contribution in [0.5, 0.6) is 11.5 Å². The molecule has 0 atom stereocenters. The van der Waals surface area contributed by atoms with Crippen molar-refractivity contribution >= 4 is 28.8 Å². The third kappa shape index (κ3) is 6.43. The molecule has 0 aliphatic carbocycles. The molecule has 1 aliphatic rings. The van der Waals surface area contributed by atoms with Gasteiger partial charge >= 0.3 is 0 Å². The number of amides is 2. The number of fused-ring (bicyclic) bond motifs is 1. The highest BCUT2D eigenvalue weighted by molar-refractivity contribution is 7.09. The van der Waals surface area contributed by atoms with Crippen molar-refractivity contribution in [3.05, 3.63) is 85.6 Å². The maximum Gasteiger partial charge on any atom is 0.273 e. The number of aryl methyl sites for hydroxylation is 1. The zero-order valence-corrected chi connectivity index (χ0v) is 21.4. The highest BCUT2D eigenvalue weighted by Gasteiger charge is 2.25. The Bertz CT molecular complexity index is 1280. The number of nitro benzene ring substituents is 1. The Morgan fingerprint density at radius 3 is 2.62 bits per heavy atom. The standard InChI is InChI=1S/C26H27N3O7S/c1-18-5-7-20(13-22(18)29(32)33)26(31)27(9-10-34-2)16-25(30)28(15-21-4-3-11-37-21)14-19-6-8-23-24(12-19)36-17-35-23/h3-8,11-13H,9-10,14-17H2,1-2H3. The normalized spacial score (nSPS) is 11.8. The average molecular weight is 526 g/mol. The van der Waals surface area contributed by atoms with E-state index in [1.807, 2.05) is 35.7 Å². The molecule has 10 nitrogen and oxygen atoms in total. The summed E-state index contributed by atoms with van der Waals surface area (Å²) in [5.74, 6) is 0.534. The summed E-state index contributed by atoms with van der Waals surface area (Å²) < 4.78 is 16.0. The van der Waals surface area contributed by atoms with Gasteiger partial charge < -0.3 is 24.0 Å². The van der Waals surface area contributed by atoms with Gasteiger partial charge in [-0.2, -0.15) is 0 Å². The summed E-state index contributed by atoms with van der Waals surface area (Å²) in [6, 6.07) is 13.7. The maximum atomic E-state index is 13.6. The summed E-state index contributed by atoms with van der Waals surface area (Å²) >= 11 is 1.54. The van der Waals surface area contributed by atoms with Gasteiger partial charge in [0, 0.05) is 42.3 Å². The van der Waals surface area contributed by atoms with Crippen LogP contribution in [0.1, 0.15) is 26.4 Å². The summed E-state index contributed by atoms with van der Waals surface area (Å²) in [7, 11) is 1.50. The first-order valence-electron chi connectivity index (χ1n) is 11.6. The minimum absolute atomic E-state index is 0.141. The van der Waals surface area contributed by atoms with Crippen LogP contribution in [-0.2, 0) is 22.6 Å². The van der Waals surface area contributed by atoms with E-state index in [2.05, 4.69) is 0 Å². The van der Waals surface area contributed by atoms with Crippen molar-refractivity contribution in [1.29, 1.82) is 0 Å². The van der Waals surface area contributed by atoms with Crippen LogP contribution in [0.2, 0.25) is 0 Å². The van der Waals surface area contributed by atoms with Crippen LogP contribution >= 0.6 is 11.3 Å². The van der Waals surface area contributed by atoms with E-state index in [0.29, 0.717) is 30.2 Å². The number of benzene rings is 2. The van der Waals surface area contributed by atoms with E-state index in [0.717, 1.165) is 10.4 Å². The molecule has 2 amide bonds. The third-order valence-electron chi connectivity index (χ3n) is 5.92. The fourth-order valence-corrected chi connectivity index (χ4v) is 4.64. The molecule has 4 rings (SSSR count). The zero-order chi connectivity index (χ0) is 26.4. The number of ether oxygens (including phenoxy) is 3. The topological polar surface area (TPSA) is 111 Å². The number of carbonyl (C=O) groups is 2. The summed E-state index contributed by atoms with van der Waals surface area (Å²) in [5, 5.41) is 13.3. The van der Waals surface area contributed by atoms with Gasteiger partial charge in [-0.1, -0.05) is 18.2 Å². The molecule has 0 spiro atoms. The summed E-state index contributed by atoms with van der Waals surface area (Å²) in [6.07, 6.45) is 0. The Morgan fingerprint density at radius 2 is 1.89 bits per heavy atom. The van der Waals surface area contributed by atoms with Gasteiger partial charge in [-0.05, 0) is 42.1 Å². The molecule has 1 aromatic heterocycles. The molecule has 0 bridgehead atoms. The van der Waals surface area contributed by atoms with E-state index in [4.69, 9.17) is 14.2 Å². The number of rotatable bonds is 11. The first-order valence-corrected chi connectivity index (χ1v) is 12.5. The molecule has 0 unspecified atom stereocenters. The van der Waals surface area contributed by atoms with Crippen LogP contribution < -0.4 is 9.47 Å². The molecule has 0 N–H and O–H groups in total. The fraction of sp³-hybridized carbons (Fsp3) is 0.308.